The zero-order chi connectivity index (χ0) is 23.8. The lowest BCUT2D eigenvalue weighted by Gasteiger charge is -2.30. The van der Waals surface area contributed by atoms with Gasteiger partial charge in [0, 0.05) is 24.5 Å². The molecule has 0 unspecified atom stereocenters. The van der Waals surface area contributed by atoms with Crippen LogP contribution in [0.1, 0.15) is 52.1 Å². The van der Waals surface area contributed by atoms with Crippen LogP contribution in [-0.2, 0) is 4.79 Å². The second kappa shape index (κ2) is 11.5. The maximum Gasteiger partial charge on any atom is 0.475 e. The molecular formula is C22H28BN5O5. The number of nitrogens with zero attached hydrogens (tertiary/aromatic N) is 2. The standard InChI is InChI=1S/C22H28BN5O5/c1-14-5-7-16(8-6-14)20(29)26-13-18(27-21(30)17-12-24-9-10-25-17)22(31)28-19(23(32)33)11-15-3-2-4-15/h5-10,12,15,18-19,32-33H,2-4,11,13H2,1H3,(H,26,29)(H,27,30)(H,28,31)/t18-,19-/m0/s1. The Bertz CT molecular complexity index is 953. The monoisotopic (exact) mass is 453 g/mol. The number of amides is 3. The second-order valence-electron chi connectivity index (χ2n) is 8.25. The first-order valence-electron chi connectivity index (χ1n) is 10.9. The van der Waals surface area contributed by atoms with Crippen LogP contribution in [0, 0.1) is 12.8 Å². The highest BCUT2D eigenvalue weighted by molar-refractivity contribution is 6.43. The Morgan fingerprint density at radius 2 is 1.82 bits per heavy atom. The lowest BCUT2D eigenvalue weighted by molar-refractivity contribution is -0.123. The fourth-order valence-corrected chi connectivity index (χ4v) is 3.49. The molecule has 3 rings (SSSR count). The number of aromatic nitrogens is 2. The summed E-state index contributed by atoms with van der Waals surface area (Å²) in [7, 11) is -1.74. The molecule has 1 aromatic carbocycles. The molecule has 1 aromatic heterocycles. The smallest absolute Gasteiger partial charge is 0.426 e. The van der Waals surface area contributed by atoms with Gasteiger partial charge in [0.2, 0.25) is 5.91 Å². The predicted molar refractivity (Wildman–Crippen MR) is 121 cm³/mol. The largest absolute Gasteiger partial charge is 0.475 e. The molecule has 1 saturated carbocycles. The van der Waals surface area contributed by atoms with Crippen molar-refractivity contribution >= 4 is 24.8 Å². The Balaban J connectivity index is 1.69. The van der Waals surface area contributed by atoms with E-state index in [1.165, 1.54) is 18.6 Å². The highest BCUT2D eigenvalue weighted by Gasteiger charge is 2.33. The van der Waals surface area contributed by atoms with E-state index in [1.807, 2.05) is 6.92 Å². The Kier molecular flexibility index (Phi) is 8.50. The van der Waals surface area contributed by atoms with Gasteiger partial charge in [0.25, 0.3) is 11.8 Å². The third-order valence-corrected chi connectivity index (χ3v) is 5.70. The second-order valence-corrected chi connectivity index (χ2v) is 8.25. The molecule has 1 fully saturated rings. The van der Waals surface area contributed by atoms with Crippen LogP contribution in [0.15, 0.2) is 42.9 Å². The van der Waals surface area contributed by atoms with Crippen LogP contribution < -0.4 is 16.0 Å². The third-order valence-electron chi connectivity index (χ3n) is 5.70. The van der Waals surface area contributed by atoms with Crippen molar-refractivity contribution in [2.24, 2.45) is 5.92 Å². The van der Waals surface area contributed by atoms with Gasteiger partial charge in [-0.1, -0.05) is 37.0 Å². The summed E-state index contributed by atoms with van der Waals surface area (Å²) in [6, 6.07) is 5.74. The highest BCUT2D eigenvalue weighted by atomic mass is 16.4. The molecule has 1 aliphatic carbocycles. The average molecular weight is 453 g/mol. The third kappa shape index (κ3) is 7.09. The SMILES string of the molecule is Cc1ccc(C(=O)NC[C@H](NC(=O)c2cnccn2)C(=O)N[C@@H](CC2CCC2)B(O)O)cc1. The fraction of sp³-hybridized carbons (Fsp3) is 0.409. The number of benzene rings is 1. The van der Waals surface area contributed by atoms with Crippen LogP contribution in [0.5, 0.6) is 0 Å². The molecule has 33 heavy (non-hydrogen) atoms. The van der Waals surface area contributed by atoms with Gasteiger partial charge in [-0.05, 0) is 31.4 Å². The Labute approximate surface area is 192 Å². The molecule has 10 nitrogen and oxygen atoms in total. The number of rotatable bonds is 10. The Morgan fingerprint density at radius 1 is 1.09 bits per heavy atom. The maximum atomic E-state index is 13.0. The maximum absolute atomic E-state index is 13.0. The molecule has 2 atom stereocenters. The Morgan fingerprint density at radius 3 is 2.39 bits per heavy atom. The van der Waals surface area contributed by atoms with E-state index in [-0.39, 0.29) is 12.2 Å². The summed E-state index contributed by atoms with van der Waals surface area (Å²) in [5, 5.41) is 27.2. The van der Waals surface area contributed by atoms with E-state index in [4.69, 9.17) is 0 Å². The first-order valence-corrected chi connectivity index (χ1v) is 10.9. The van der Waals surface area contributed by atoms with Gasteiger partial charge in [0.05, 0.1) is 12.1 Å². The topological polar surface area (TPSA) is 154 Å². The summed E-state index contributed by atoms with van der Waals surface area (Å²) in [4.78, 5) is 45.8. The molecule has 0 saturated heterocycles. The van der Waals surface area contributed by atoms with Crippen molar-refractivity contribution in [2.75, 3.05) is 6.54 Å². The first-order chi connectivity index (χ1) is 15.8. The van der Waals surface area contributed by atoms with E-state index in [9.17, 15) is 24.4 Å². The van der Waals surface area contributed by atoms with Gasteiger partial charge in [-0.3, -0.25) is 19.4 Å². The van der Waals surface area contributed by atoms with Crippen LogP contribution >= 0.6 is 0 Å². The summed E-state index contributed by atoms with van der Waals surface area (Å²) < 4.78 is 0. The van der Waals surface area contributed by atoms with Gasteiger partial charge in [-0.25, -0.2) is 4.98 Å². The summed E-state index contributed by atoms with van der Waals surface area (Å²) in [5.74, 6) is -2.27. The predicted octanol–water partition coefficient (Wildman–Crippen LogP) is 0.000420. The van der Waals surface area contributed by atoms with Crippen LogP contribution in [0.25, 0.3) is 0 Å². The van der Waals surface area contributed by atoms with E-state index in [2.05, 4.69) is 25.9 Å². The van der Waals surface area contributed by atoms with Gasteiger partial charge in [-0.15, -0.1) is 0 Å². The van der Waals surface area contributed by atoms with Crippen LogP contribution in [-0.4, -0.2) is 63.4 Å². The van der Waals surface area contributed by atoms with Gasteiger partial charge in [0.1, 0.15) is 11.7 Å². The number of aryl methyl sites for hydroxylation is 1. The van der Waals surface area contributed by atoms with Gasteiger partial charge in [0.15, 0.2) is 0 Å². The van der Waals surface area contributed by atoms with Crippen molar-refractivity contribution in [1.82, 2.24) is 25.9 Å². The normalized spacial score (nSPS) is 15.0. The summed E-state index contributed by atoms with van der Waals surface area (Å²) in [5.41, 5.74) is 1.42. The quantitative estimate of drug-likeness (QED) is 0.318. The number of nitrogens with one attached hydrogen (secondary N) is 3. The average Bonchev–Trinajstić information content (AvgIpc) is 2.78. The summed E-state index contributed by atoms with van der Waals surface area (Å²) in [6.07, 6.45) is 7.46. The van der Waals surface area contributed by atoms with E-state index in [0.29, 0.717) is 17.9 Å². The lowest BCUT2D eigenvalue weighted by Crippen LogP contribution is -2.57. The highest BCUT2D eigenvalue weighted by Crippen LogP contribution is 2.30. The number of carbonyl (C=O) groups excluding carboxylic acids is 3. The molecule has 2 aromatic rings. The molecule has 0 aliphatic heterocycles. The first kappa shape index (κ1) is 24.3. The van der Waals surface area contributed by atoms with Crippen molar-refractivity contribution in [2.45, 2.75) is 44.6 Å². The fourth-order valence-electron chi connectivity index (χ4n) is 3.49. The minimum absolute atomic E-state index is 0.00775. The molecule has 1 heterocycles. The van der Waals surface area contributed by atoms with E-state index < -0.39 is 36.8 Å². The minimum atomic E-state index is -1.74. The molecule has 1 aliphatic rings. The number of carbonyl (C=O) groups is 3. The molecule has 0 spiro atoms. The summed E-state index contributed by atoms with van der Waals surface area (Å²) in [6.45, 7) is 1.70. The Hall–Kier alpha value is -3.31. The molecular weight excluding hydrogens is 425 g/mol. The van der Waals surface area contributed by atoms with Crippen molar-refractivity contribution in [1.29, 1.82) is 0 Å². The zero-order valence-electron chi connectivity index (χ0n) is 18.4. The van der Waals surface area contributed by atoms with E-state index >= 15 is 0 Å². The number of hydrogen-bond acceptors (Lipinski definition) is 7. The van der Waals surface area contributed by atoms with Crippen molar-refractivity contribution < 1.29 is 24.4 Å². The molecule has 3 amide bonds. The summed E-state index contributed by atoms with van der Waals surface area (Å²) >= 11 is 0. The van der Waals surface area contributed by atoms with Gasteiger partial charge < -0.3 is 26.0 Å². The van der Waals surface area contributed by atoms with Crippen LogP contribution in [0.2, 0.25) is 0 Å². The molecule has 174 valence electrons. The van der Waals surface area contributed by atoms with Crippen molar-refractivity contribution in [3.8, 4) is 0 Å². The van der Waals surface area contributed by atoms with Crippen molar-refractivity contribution in [3.63, 3.8) is 0 Å². The molecule has 0 bridgehead atoms. The number of hydrogen-bond donors (Lipinski definition) is 5. The van der Waals surface area contributed by atoms with Crippen LogP contribution in [0.4, 0.5) is 0 Å². The van der Waals surface area contributed by atoms with Crippen LogP contribution in [0.3, 0.4) is 0 Å². The molecule has 11 heteroatoms. The van der Waals surface area contributed by atoms with Gasteiger partial charge >= 0.3 is 7.12 Å². The van der Waals surface area contributed by atoms with Gasteiger partial charge in [-0.2, -0.15) is 0 Å². The lowest BCUT2D eigenvalue weighted by atomic mass is 9.70. The van der Waals surface area contributed by atoms with E-state index in [0.717, 1.165) is 24.8 Å². The van der Waals surface area contributed by atoms with E-state index in [1.54, 1.807) is 24.3 Å². The minimum Gasteiger partial charge on any atom is -0.426 e. The zero-order valence-corrected chi connectivity index (χ0v) is 18.4. The van der Waals surface area contributed by atoms with Crippen molar-refractivity contribution in [3.05, 3.63) is 59.7 Å². The molecule has 0 radical (unpaired) electrons. The molecule has 5 N–H and O–H groups in total.